The van der Waals surface area contributed by atoms with Gasteiger partial charge >= 0.3 is 0 Å². The third-order valence-corrected chi connectivity index (χ3v) is 7.65. The Morgan fingerprint density at radius 3 is 2.56 bits per heavy atom. The highest BCUT2D eigenvalue weighted by molar-refractivity contribution is 7.16. The minimum atomic E-state index is -0.0499. The quantitative estimate of drug-likeness (QED) is 0.403. The minimum absolute atomic E-state index is 0.0332. The van der Waals surface area contributed by atoms with E-state index in [9.17, 15) is 9.59 Å². The highest BCUT2D eigenvalue weighted by Crippen LogP contribution is 2.28. The fourth-order valence-corrected chi connectivity index (χ4v) is 5.77. The molecular formula is C28H29N3O2S. The Labute approximate surface area is 204 Å². The maximum atomic E-state index is 13.7. The van der Waals surface area contributed by atoms with Crippen LogP contribution in [0.4, 0.5) is 0 Å². The van der Waals surface area contributed by atoms with Crippen LogP contribution in [-0.4, -0.2) is 51.9 Å². The van der Waals surface area contributed by atoms with E-state index in [-0.39, 0.29) is 17.9 Å². The molecule has 1 aliphatic heterocycles. The molecule has 1 aliphatic rings. The lowest BCUT2D eigenvalue weighted by Gasteiger charge is -2.40. The molecule has 0 N–H and O–H groups in total. The Hall–Kier alpha value is -3.38. The molecular weight excluding hydrogens is 442 g/mol. The fraction of sp³-hybridized carbons (Fsp3) is 0.286. The molecule has 1 saturated heterocycles. The van der Waals surface area contributed by atoms with E-state index in [1.165, 1.54) is 11.1 Å². The van der Waals surface area contributed by atoms with Gasteiger partial charge in [0, 0.05) is 43.2 Å². The van der Waals surface area contributed by atoms with Crippen LogP contribution in [0.5, 0.6) is 0 Å². The molecule has 0 saturated carbocycles. The van der Waals surface area contributed by atoms with Gasteiger partial charge in [0.2, 0.25) is 0 Å². The number of carbonyl (C=O) groups is 2. The van der Waals surface area contributed by atoms with E-state index in [4.69, 9.17) is 0 Å². The largest absolute Gasteiger partial charge is 0.334 e. The number of benzene rings is 2. The van der Waals surface area contributed by atoms with Crippen LogP contribution in [0, 0.1) is 13.8 Å². The Morgan fingerprint density at radius 2 is 1.79 bits per heavy atom. The second kappa shape index (κ2) is 9.11. The lowest BCUT2D eigenvalue weighted by atomic mass is 10.1. The third-order valence-electron chi connectivity index (χ3n) is 6.70. The van der Waals surface area contributed by atoms with Crippen molar-refractivity contribution in [3.05, 3.63) is 94.0 Å². The number of rotatable bonds is 4. The van der Waals surface area contributed by atoms with E-state index in [0.29, 0.717) is 31.9 Å². The molecule has 1 atom stereocenters. The molecule has 2 aromatic carbocycles. The van der Waals surface area contributed by atoms with E-state index in [2.05, 4.69) is 47.2 Å². The van der Waals surface area contributed by atoms with Gasteiger partial charge in [-0.2, -0.15) is 0 Å². The second-order valence-electron chi connectivity index (χ2n) is 9.20. The van der Waals surface area contributed by atoms with Crippen molar-refractivity contribution >= 4 is 33.4 Å². The topological polar surface area (TPSA) is 45.6 Å². The predicted octanol–water partition coefficient (Wildman–Crippen LogP) is 5.35. The Morgan fingerprint density at radius 1 is 0.971 bits per heavy atom. The van der Waals surface area contributed by atoms with Crippen LogP contribution in [0.1, 0.15) is 44.5 Å². The number of piperazine rings is 1. The molecule has 0 spiro atoms. The maximum absolute atomic E-state index is 13.7. The molecule has 1 unspecified atom stereocenters. The Kier molecular flexibility index (Phi) is 6.00. The number of thiophene rings is 1. The Balaban J connectivity index is 1.37. The van der Waals surface area contributed by atoms with Gasteiger partial charge in [-0.15, -0.1) is 11.3 Å². The lowest BCUT2D eigenvalue weighted by molar-refractivity contribution is 0.0409. The number of hydrogen-bond donors (Lipinski definition) is 0. The standard InChI is InChI=1S/C28H29N3O2S/c1-19-7-6-9-22(15-19)18-31-25(16-23-11-14-34-28(23)31)27(33)29-12-13-30(21(3)17-29)26(32)24-10-5-4-8-20(24)2/h4-11,14-16,21H,12-13,17-18H2,1-3H3. The van der Waals surface area contributed by atoms with Gasteiger partial charge in [-0.3, -0.25) is 9.59 Å². The first-order chi connectivity index (χ1) is 16.4. The summed E-state index contributed by atoms with van der Waals surface area (Å²) in [5, 5.41) is 3.17. The molecule has 0 aliphatic carbocycles. The first kappa shape index (κ1) is 22.4. The number of fused-ring (bicyclic) bond motifs is 1. The van der Waals surface area contributed by atoms with Crippen molar-refractivity contribution in [2.24, 2.45) is 0 Å². The summed E-state index contributed by atoms with van der Waals surface area (Å²) in [4.78, 5) is 31.8. The number of carbonyl (C=O) groups excluding carboxylic acids is 2. The van der Waals surface area contributed by atoms with Crippen molar-refractivity contribution in [2.45, 2.75) is 33.4 Å². The average Bonchev–Trinajstić information content (AvgIpc) is 3.41. The van der Waals surface area contributed by atoms with E-state index in [1.54, 1.807) is 11.3 Å². The Bertz CT molecular complexity index is 1370. The highest BCUT2D eigenvalue weighted by Gasteiger charge is 2.32. The lowest BCUT2D eigenvalue weighted by Crippen LogP contribution is -2.55. The van der Waals surface area contributed by atoms with Crippen molar-refractivity contribution in [1.29, 1.82) is 0 Å². The zero-order chi connectivity index (χ0) is 23.8. The van der Waals surface area contributed by atoms with Crippen LogP contribution in [-0.2, 0) is 6.54 Å². The second-order valence-corrected chi connectivity index (χ2v) is 10.1. The SMILES string of the molecule is Cc1cccc(Cn2c(C(=O)N3CCN(C(=O)c4ccccc4C)C(C)C3)cc3ccsc32)c1. The summed E-state index contributed by atoms with van der Waals surface area (Å²) < 4.78 is 2.15. The van der Waals surface area contributed by atoms with Crippen molar-refractivity contribution < 1.29 is 9.59 Å². The number of aromatic nitrogens is 1. The molecule has 2 amide bonds. The summed E-state index contributed by atoms with van der Waals surface area (Å²) in [6.45, 7) is 8.33. The van der Waals surface area contributed by atoms with Crippen LogP contribution >= 0.6 is 11.3 Å². The van der Waals surface area contributed by atoms with Gasteiger partial charge in [0.1, 0.15) is 10.5 Å². The van der Waals surface area contributed by atoms with Crippen LogP contribution < -0.4 is 0 Å². The summed E-state index contributed by atoms with van der Waals surface area (Å²) in [5.74, 6) is 0.0759. The number of aryl methyl sites for hydroxylation is 2. The van der Waals surface area contributed by atoms with Gasteiger partial charge in [0.15, 0.2) is 0 Å². The molecule has 1 fully saturated rings. The number of nitrogens with zero attached hydrogens (tertiary/aromatic N) is 3. The monoisotopic (exact) mass is 471 g/mol. The molecule has 34 heavy (non-hydrogen) atoms. The maximum Gasteiger partial charge on any atom is 0.270 e. The summed E-state index contributed by atoms with van der Waals surface area (Å²) in [6, 6.07) is 20.2. The van der Waals surface area contributed by atoms with Gasteiger partial charge in [0.05, 0.1) is 0 Å². The molecule has 5 rings (SSSR count). The van der Waals surface area contributed by atoms with E-state index < -0.39 is 0 Å². The highest BCUT2D eigenvalue weighted by atomic mass is 32.1. The summed E-state index contributed by atoms with van der Waals surface area (Å²) in [7, 11) is 0. The summed E-state index contributed by atoms with van der Waals surface area (Å²) >= 11 is 1.67. The molecule has 174 valence electrons. The smallest absolute Gasteiger partial charge is 0.270 e. The summed E-state index contributed by atoms with van der Waals surface area (Å²) in [5.41, 5.74) is 4.83. The van der Waals surface area contributed by atoms with Crippen molar-refractivity contribution in [3.63, 3.8) is 0 Å². The van der Waals surface area contributed by atoms with Crippen molar-refractivity contribution in [3.8, 4) is 0 Å². The zero-order valence-corrected chi connectivity index (χ0v) is 20.6. The average molecular weight is 472 g/mol. The molecule has 3 heterocycles. The summed E-state index contributed by atoms with van der Waals surface area (Å²) in [6.07, 6.45) is 0. The van der Waals surface area contributed by atoms with Gasteiger partial charge < -0.3 is 14.4 Å². The van der Waals surface area contributed by atoms with Gasteiger partial charge in [-0.05, 0) is 55.5 Å². The van der Waals surface area contributed by atoms with Crippen LogP contribution in [0.25, 0.3) is 10.2 Å². The van der Waals surface area contributed by atoms with Gasteiger partial charge in [-0.25, -0.2) is 0 Å². The zero-order valence-electron chi connectivity index (χ0n) is 19.8. The van der Waals surface area contributed by atoms with E-state index in [0.717, 1.165) is 21.3 Å². The molecule has 0 radical (unpaired) electrons. The van der Waals surface area contributed by atoms with Crippen LogP contribution in [0.3, 0.4) is 0 Å². The van der Waals surface area contributed by atoms with Gasteiger partial charge in [0.25, 0.3) is 11.8 Å². The minimum Gasteiger partial charge on any atom is -0.334 e. The fourth-order valence-electron chi connectivity index (χ4n) is 4.88. The van der Waals surface area contributed by atoms with Crippen molar-refractivity contribution in [1.82, 2.24) is 14.4 Å². The van der Waals surface area contributed by atoms with E-state index in [1.807, 2.05) is 54.0 Å². The normalized spacial score (nSPS) is 16.3. The predicted molar refractivity (Wildman–Crippen MR) is 138 cm³/mol. The first-order valence-electron chi connectivity index (χ1n) is 11.7. The third kappa shape index (κ3) is 4.14. The van der Waals surface area contributed by atoms with Crippen LogP contribution in [0.15, 0.2) is 66.0 Å². The molecule has 6 heteroatoms. The molecule has 2 aromatic heterocycles. The number of amides is 2. The van der Waals surface area contributed by atoms with E-state index >= 15 is 0 Å². The number of hydrogen-bond acceptors (Lipinski definition) is 3. The van der Waals surface area contributed by atoms with Crippen LogP contribution in [0.2, 0.25) is 0 Å². The van der Waals surface area contributed by atoms with Crippen molar-refractivity contribution in [2.75, 3.05) is 19.6 Å². The molecule has 0 bridgehead atoms. The van der Waals surface area contributed by atoms with Gasteiger partial charge in [-0.1, -0.05) is 48.0 Å². The molecule has 5 nitrogen and oxygen atoms in total. The molecule has 4 aromatic rings. The first-order valence-corrected chi connectivity index (χ1v) is 12.6.